The summed E-state index contributed by atoms with van der Waals surface area (Å²) >= 11 is 5.58. The normalized spacial score (nSPS) is 16.3. The molecule has 140 valence electrons. The van der Waals surface area contributed by atoms with E-state index in [1.54, 1.807) is 5.01 Å². The number of nitrogens with one attached hydrogen (secondary N) is 1. The molecule has 2 aromatic rings. The Morgan fingerprint density at radius 3 is 2.48 bits per heavy atom. The van der Waals surface area contributed by atoms with E-state index in [4.69, 9.17) is 22.7 Å². The fourth-order valence-corrected chi connectivity index (χ4v) is 2.96. The van der Waals surface area contributed by atoms with Crippen molar-refractivity contribution in [3.05, 3.63) is 78.2 Å². The van der Waals surface area contributed by atoms with Gasteiger partial charge in [0.15, 0.2) is 0 Å². The van der Waals surface area contributed by atoms with Crippen molar-refractivity contribution >= 4 is 28.7 Å². The topological polar surface area (TPSA) is 62.9 Å². The first kappa shape index (κ1) is 18.9. The average Bonchev–Trinajstić information content (AvgIpc) is 2.72. The average molecular weight is 381 g/mol. The first-order valence-corrected chi connectivity index (χ1v) is 9.45. The predicted molar refractivity (Wildman–Crippen MR) is 114 cm³/mol. The van der Waals surface area contributed by atoms with Crippen molar-refractivity contribution in [2.24, 2.45) is 16.8 Å². The van der Waals surface area contributed by atoms with Crippen LogP contribution < -0.4 is 16.1 Å². The Morgan fingerprint density at radius 2 is 1.81 bits per heavy atom. The number of anilines is 1. The number of hydrogen-bond donors (Lipinski definition) is 2. The first-order chi connectivity index (χ1) is 13.2. The van der Waals surface area contributed by atoms with Gasteiger partial charge in [-0.1, -0.05) is 67.7 Å². The summed E-state index contributed by atoms with van der Waals surface area (Å²) in [5.41, 5.74) is 8.30. The Morgan fingerprint density at radius 1 is 1.15 bits per heavy atom. The van der Waals surface area contributed by atoms with Crippen molar-refractivity contribution in [2.75, 3.05) is 11.6 Å². The van der Waals surface area contributed by atoms with E-state index in [1.807, 2.05) is 54.6 Å². The Kier molecular flexibility index (Phi) is 6.44. The maximum atomic E-state index is 6.25. The molecule has 0 spiro atoms. The molecule has 0 amide bonds. The lowest BCUT2D eigenvalue weighted by atomic mass is 10.1. The van der Waals surface area contributed by atoms with Gasteiger partial charge in [0.25, 0.3) is 0 Å². The summed E-state index contributed by atoms with van der Waals surface area (Å²) < 4.78 is 5.93. The molecule has 3 N–H and O–H groups in total. The van der Waals surface area contributed by atoms with E-state index in [0.717, 1.165) is 17.7 Å². The molecule has 1 aliphatic rings. The van der Waals surface area contributed by atoms with Crippen LogP contribution in [0.2, 0.25) is 0 Å². The zero-order chi connectivity index (χ0) is 19.1. The lowest BCUT2D eigenvalue weighted by molar-refractivity contribution is 0.202. The van der Waals surface area contributed by atoms with Gasteiger partial charge in [-0.3, -0.25) is 0 Å². The highest BCUT2D eigenvalue weighted by Crippen LogP contribution is 2.26. The van der Waals surface area contributed by atoms with E-state index in [-0.39, 0.29) is 5.92 Å². The lowest BCUT2D eigenvalue weighted by Gasteiger charge is -2.29. The molecule has 6 heteroatoms. The minimum absolute atomic E-state index is 0.296. The van der Waals surface area contributed by atoms with Crippen molar-refractivity contribution in [2.45, 2.75) is 19.9 Å². The highest BCUT2D eigenvalue weighted by Gasteiger charge is 2.27. The van der Waals surface area contributed by atoms with Crippen molar-refractivity contribution in [3.8, 4) is 0 Å². The number of benzene rings is 2. The highest BCUT2D eigenvalue weighted by molar-refractivity contribution is 7.80. The van der Waals surface area contributed by atoms with E-state index in [9.17, 15) is 0 Å². The quantitative estimate of drug-likeness (QED) is 0.716. The van der Waals surface area contributed by atoms with Crippen LogP contribution in [0.1, 0.15) is 18.9 Å². The van der Waals surface area contributed by atoms with Crippen LogP contribution in [0.4, 0.5) is 5.69 Å². The van der Waals surface area contributed by atoms with Crippen LogP contribution >= 0.6 is 12.2 Å². The Balaban J connectivity index is 1.77. The van der Waals surface area contributed by atoms with Gasteiger partial charge in [-0.2, -0.15) is 10.1 Å². The molecular weight excluding hydrogens is 356 g/mol. The third-order valence-electron chi connectivity index (χ3n) is 4.10. The second kappa shape index (κ2) is 9.19. The predicted octanol–water partition coefficient (Wildman–Crippen LogP) is 3.78. The van der Waals surface area contributed by atoms with E-state index in [0.29, 0.717) is 29.9 Å². The smallest absolute Gasteiger partial charge is 0.212 e. The maximum absolute atomic E-state index is 6.25. The SMILES string of the molecule is CCCOC1=CC(C(=S)NCc2ccccc2)C(N)=NN1c1ccccc1. The molecule has 3 rings (SSSR count). The van der Waals surface area contributed by atoms with Gasteiger partial charge in [0, 0.05) is 6.54 Å². The van der Waals surface area contributed by atoms with Crippen LogP contribution in [-0.4, -0.2) is 17.4 Å². The van der Waals surface area contributed by atoms with Crippen LogP contribution in [0.25, 0.3) is 0 Å². The van der Waals surface area contributed by atoms with Crippen LogP contribution in [0, 0.1) is 5.92 Å². The van der Waals surface area contributed by atoms with Crippen molar-refractivity contribution in [1.29, 1.82) is 0 Å². The van der Waals surface area contributed by atoms with Gasteiger partial charge in [0.05, 0.1) is 23.2 Å². The van der Waals surface area contributed by atoms with E-state index >= 15 is 0 Å². The fraction of sp³-hybridized carbons (Fsp3) is 0.238. The third kappa shape index (κ3) is 4.86. The molecule has 1 atom stereocenters. The molecule has 0 saturated carbocycles. The molecule has 1 heterocycles. The Bertz CT molecular complexity index is 821. The van der Waals surface area contributed by atoms with Gasteiger partial charge in [-0.15, -0.1) is 0 Å². The summed E-state index contributed by atoms with van der Waals surface area (Å²) in [5.74, 6) is 0.787. The second-order valence-electron chi connectivity index (χ2n) is 6.21. The number of nitrogens with two attached hydrogens (primary N) is 1. The summed E-state index contributed by atoms with van der Waals surface area (Å²) in [6.07, 6.45) is 2.84. The number of hydrazone groups is 1. The molecule has 0 bridgehead atoms. The number of rotatable bonds is 7. The molecular formula is C21H24N4OS. The Labute approximate surface area is 165 Å². The van der Waals surface area contributed by atoms with Gasteiger partial charge in [0.2, 0.25) is 5.88 Å². The third-order valence-corrected chi connectivity index (χ3v) is 4.50. The van der Waals surface area contributed by atoms with Crippen LogP contribution in [0.15, 0.2) is 77.7 Å². The first-order valence-electron chi connectivity index (χ1n) is 9.04. The number of amidine groups is 1. The van der Waals surface area contributed by atoms with Gasteiger partial charge in [-0.25, -0.2) is 0 Å². The monoisotopic (exact) mass is 380 g/mol. The minimum atomic E-state index is -0.296. The number of para-hydroxylation sites is 1. The van der Waals surface area contributed by atoms with Crippen LogP contribution in [0.3, 0.4) is 0 Å². The minimum Gasteiger partial charge on any atom is -0.478 e. The van der Waals surface area contributed by atoms with E-state index in [2.05, 4.69) is 29.5 Å². The van der Waals surface area contributed by atoms with Gasteiger partial charge < -0.3 is 15.8 Å². The molecule has 1 unspecified atom stereocenters. The lowest BCUT2D eigenvalue weighted by Crippen LogP contribution is -2.41. The summed E-state index contributed by atoms with van der Waals surface area (Å²) in [6.45, 7) is 3.31. The highest BCUT2D eigenvalue weighted by atomic mass is 32.1. The Hall–Kier alpha value is -2.86. The number of ether oxygens (including phenoxy) is 1. The maximum Gasteiger partial charge on any atom is 0.212 e. The largest absolute Gasteiger partial charge is 0.478 e. The van der Waals surface area contributed by atoms with Crippen molar-refractivity contribution in [1.82, 2.24) is 5.32 Å². The zero-order valence-corrected chi connectivity index (χ0v) is 16.2. The molecule has 2 aromatic carbocycles. The second-order valence-corrected chi connectivity index (χ2v) is 6.65. The van der Waals surface area contributed by atoms with E-state index in [1.165, 1.54) is 0 Å². The number of nitrogens with zero attached hydrogens (tertiary/aromatic N) is 2. The summed E-state index contributed by atoms with van der Waals surface area (Å²) in [5, 5.41) is 9.56. The van der Waals surface area contributed by atoms with Crippen molar-refractivity contribution in [3.63, 3.8) is 0 Å². The molecule has 0 saturated heterocycles. The van der Waals surface area contributed by atoms with Gasteiger partial charge >= 0.3 is 0 Å². The summed E-state index contributed by atoms with van der Waals surface area (Å²) in [6, 6.07) is 19.9. The fourth-order valence-electron chi connectivity index (χ4n) is 2.70. The molecule has 27 heavy (non-hydrogen) atoms. The number of hydrogen-bond acceptors (Lipinski definition) is 5. The van der Waals surface area contributed by atoms with E-state index < -0.39 is 0 Å². The molecule has 5 nitrogen and oxygen atoms in total. The van der Waals surface area contributed by atoms with Crippen LogP contribution in [-0.2, 0) is 11.3 Å². The molecule has 0 fully saturated rings. The van der Waals surface area contributed by atoms with Crippen LogP contribution in [0.5, 0.6) is 0 Å². The molecule has 1 aliphatic heterocycles. The number of thiocarbonyl (C=S) groups is 1. The standard InChI is InChI=1S/C21H24N4OS/c1-2-13-26-19-14-18(21(27)23-15-16-9-5-3-6-10-16)20(22)24-25(19)17-11-7-4-8-12-17/h3-12,14,18H,2,13,15H2,1H3,(H2,22,24)(H,23,27). The molecule has 0 radical (unpaired) electrons. The molecule has 0 aliphatic carbocycles. The van der Waals surface area contributed by atoms with Crippen molar-refractivity contribution < 1.29 is 4.74 Å². The summed E-state index contributed by atoms with van der Waals surface area (Å²) in [4.78, 5) is 0.630. The van der Waals surface area contributed by atoms with Gasteiger partial charge in [-0.05, 0) is 30.2 Å². The van der Waals surface area contributed by atoms with Gasteiger partial charge in [0.1, 0.15) is 5.84 Å². The molecule has 0 aromatic heterocycles. The zero-order valence-electron chi connectivity index (χ0n) is 15.3. The summed E-state index contributed by atoms with van der Waals surface area (Å²) in [7, 11) is 0.